The Hall–Kier alpha value is -2.59. The number of carbonyl (C=O) groups is 1. The van der Waals surface area contributed by atoms with E-state index in [0.29, 0.717) is 43.2 Å². The van der Waals surface area contributed by atoms with Gasteiger partial charge in [0.05, 0.1) is 16.9 Å². The molecule has 2 aromatic carbocycles. The quantitative estimate of drug-likeness (QED) is 0.416. The zero-order valence-corrected chi connectivity index (χ0v) is 21.5. The van der Waals surface area contributed by atoms with Crippen LogP contribution in [0.1, 0.15) is 27.2 Å². The van der Waals surface area contributed by atoms with Gasteiger partial charge in [-0.1, -0.05) is 29.8 Å². The normalized spacial score (nSPS) is 15.2. The molecule has 0 aliphatic carbocycles. The Bertz CT molecular complexity index is 1190. The molecule has 9 heteroatoms. The van der Waals surface area contributed by atoms with E-state index in [1.165, 1.54) is 0 Å². The number of thioether (sulfide) groups is 1. The monoisotopic (exact) mass is 513 g/mol. The molecule has 0 saturated carbocycles. The lowest BCUT2D eigenvalue weighted by Crippen LogP contribution is -2.48. The van der Waals surface area contributed by atoms with Crippen LogP contribution in [0.15, 0.2) is 76.2 Å². The number of nitrogens with zero attached hydrogens (tertiary/aromatic N) is 2. The van der Waals surface area contributed by atoms with Crippen molar-refractivity contribution in [3.8, 4) is 0 Å². The number of benzene rings is 2. The van der Waals surface area contributed by atoms with Gasteiger partial charge in [0, 0.05) is 50.6 Å². The summed E-state index contributed by atoms with van der Waals surface area (Å²) in [5.74, 6) is 2.47. The molecule has 186 valence electrons. The molecule has 2 heterocycles. The highest BCUT2D eigenvalue weighted by atomic mass is 32.2. The van der Waals surface area contributed by atoms with Crippen LogP contribution < -0.4 is 5.32 Å². The molecule has 35 heavy (non-hydrogen) atoms. The lowest BCUT2D eigenvalue weighted by Gasteiger charge is -2.34. The van der Waals surface area contributed by atoms with Gasteiger partial charge in [0.25, 0.3) is 5.91 Å². The van der Waals surface area contributed by atoms with Gasteiger partial charge in [-0.3, -0.25) is 9.69 Å². The minimum absolute atomic E-state index is 0.0786. The van der Waals surface area contributed by atoms with E-state index in [2.05, 4.69) is 10.2 Å². The van der Waals surface area contributed by atoms with Crippen molar-refractivity contribution in [2.24, 2.45) is 0 Å². The van der Waals surface area contributed by atoms with Crippen molar-refractivity contribution in [1.82, 2.24) is 14.5 Å². The number of amides is 1. The first-order valence-electron chi connectivity index (χ1n) is 11.7. The topological polar surface area (TPSA) is 82.9 Å². The summed E-state index contributed by atoms with van der Waals surface area (Å²) in [6, 6.07) is 18.5. The summed E-state index contributed by atoms with van der Waals surface area (Å²) in [7, 11) is -3.46. The standard InChI is InChI=1S/C26H31N3O4S2/c1-21-4-10-25(11-5-21)35(31,32)29-15-13-28(14-16-29)19-22-6-8-23(9-7-22)26(30)27-12-18-34-20-24-3-2-17-33-24/h2-11,17H,12-16,18-20H2,1H3,(H,27,30). The van der Waals surface area contributed by atoms with Crippen LogP contribution in [0.3, 0.4) is 0 Å². The van der Waals surface area contributed by atoms with Gasteiger partial charge in [-0.05, 0) is 48.9 Å². The van der Waals surface area contributed by atoms with Crippen LogP contribution in [-0.4, -0.2) is 62.0 Å². The number of piperazine rings is 1. The number of hydrogen-bond acceptors (Lipinski definition) is 6. The van der Waals surface area contributed by atoms with Crippen LogP contribution in [-0.2, 0) is 22.3 Å². The van der Waals surface area contributed by atoms with Gasteiger partial charge >= 0.3 is 0 Å². The van der Waals surface area contributed by atoms with Crippen molar-refractivity contribution in [2.45, 2.75) is 24.1 Å². The minimum Gasteiger partial charge on any atom is -0.468 e. The molecule has 1 fully saturated rings. The smallest absolute Gasteiger partial charge is 0.251 e. The highest BCUT2D eigenvalue weighted by molar-refractivity contribution is 7.98. The van der Waals surface area contributed by atoms with Crippen LogP contribution >= 0.6 is 11.8 Å². The summed E-state index contributed by atoms with van der Waals surface area (Å²) in [6.45, 7) is 5.54. The van der Waals surface area contributed by atoms with E-state index in [0.717, 1.165) is 34.9 Å². The Labute approximate surface area is 211 Å². The van der Waals surface area contributed by atoms with Gasteiger partial charge in [-0.15, -0.1) is 0 Å². The Kier molecular flexibility index (Phi) is 8.67. The number of rotatable bonds is 10. The van der Waals surface area contributed by atoms with Crippen molar-refractivity contribution < 1.29 is 17.6 Å². The molecule has 1 aromatic heterocycles. The first-order valence-corrected chi connectivity index (χ1v) is 14.3. The Balaban J connectivity index is 1.20. The highest BCUT2D eigenvalue weighted by Gasteiger charge is 2.28. The van der Waals surface area contributed by atoms with E-state index < -0.39 is 10.0 Å². The maximum atomic E-state index is 12.9. The molecule has 1 saturated heterocycles. The first kappa shape index (κ1) is 25.5. The molecule has 0 bridgehead atoms. The van der Waals surface area contributed by atoms with Crippen LogP contribution in [0, 0.1) is 6.92 Å². The Morgan fingerprint density at radius 3 is 2.37 bits per heavy atom. The molecular formula is C26H31N3O4S2. The number of hydrogen-bond donors (Lipinski definition) is 1. The third-order valence-electron chi connectivity index (χ3n) is 5.97. The summed E-state index contributed by atoms with van der Waals surface area (Å²) in [5, 5.41) is 2.95. The van der Waals surface area contributed by atoms with Crippen molar-refractivity contribution in [3.63, 3.8) is 0 Å². The second-order valence-corrected chi connectivity index (χ2v) is 11.6. The molecule has 0 spiro atoms. The molecule has 0 atom stereocenters. The summed E-state index contributed by atoms with van der Waals surface area (Å²) in [5.41, 5.74) is 2.78. The number of nitrogens with one attached hydrogen (secondary N) is 1. The van der Waals surface area contributed by atoms with Crippen LogP contribution in [0.5, 0.6) is 0 Å². The molecule has 3 aromatic rings. The van der Waals surface area contributed by atoms with Gasteiger partial charge in [-0.2, -0.15) is 16.1 Å². The summed E-state index contributed by atoms with van der Waals surface area (Å²) < 4.78 is 32.6. The number of carbonyl (C=O) groups excluding carboxylic acids is 1. The van der Waals surface area contributed by atoms with Crippen LogP contribution in [0.2, 0.25) is 0 Å². The third kappa shape index (κ3) is 6.98. The molecular weight excluding hydrogens is 482 g/mol. The Morgan fingerprint density at radius 2 is 1.71 bits per heavy atom. The van der Waals surface area contributed by atoms with E-state index in [4.69, 9.17) is 4.42 Å². The zero-order chi connectivity index (χ0) is 24.7. The molecule has 4 rings (SSSR count). The first-order chi connectivity index (χ1) is 16.9. The maximum absolute atomic E-state index is 12.9. The Morgan fingerprint density at radius 1 is 1.00 bits per heavy atom. The second-order valence-electron chi connectivity index (χ2n) is 8.58. The summed E-state index contributed by atoms with van der Waals surface area (Å²) >= 11 is 1.72. The van der Waals surface area contributed by atoms with Crippen LogP contribution in [0.4, 0.5) is 0 Å². The largest absolute Gasteiger partial charge is 0.468 e. The molecule has 1 aliphatic heterocycles. The van der Waals surface area contributed by atoms with Gasteiger partial charge in [-0.25, -0.2) is 8.42 Å². The summed E-state index contributed by atoms with van der Waals surface area (Å²) in [4.78, 5) is 15.0. The number of furan rings is 1. The SMILES string of the molecule is Cc1ccc(S(=O)(=O)N2CCN(Cc3ccc(C(=O)NCCSCc4ccco4)cc3)CC2)cc1. The van der Waals surface area contributed by atoms with Gasteiger partial charge in [0.15, 0.2) is 0 Å². The van der Waals surface area contributed by atoms with E-state index in [-0.39, 0.29) is 5.91 Å². The van der Waals surface area contributed by atoms with E-state index >= 15 is 0 Å². The number of sulfonamides is 1. The minimum atomic E-state index is -3.46. The van der Waals surface area contributed by atoms with Crippen LogP contribution in [0.25, 0.3) is 0 Å². The highest BCUT2D eigenvalue weighted by Crippen LogP contribution is 2.19. The average Bonchev–Trinajstić information content (AvgIpc) is 3.38. The van der Waals surface area contributed by atoms with E-state index in [1.807, 2.05) is 55.5 Å². The maximum Gasteiger partial charge on any atom is 0.251 e. The predicted molar refractivity (Wildman–Crippen MR) is 139 cm³/mol. The lowest BCUT2D eigenvalue weighted by molar-refractivity contribution is 0.0956. The molecule has 0 radical (unpaired) electrons. The third-order valence-corrected chi connectivity index (χ3v) is 8.86. The molecule has 1 amide bonds. The second kappa shape index (κ2) is 11.9. The molecule has 1 aliphatic rings. The van der Waals surface area contributed by atoms with Gasteiger partial charge in [0.2, 0.25) is 10.0 Å². The molecule has 7 nitrogen and oxygen atoms in total. The fraction of sp³-hybridized carbons (Fsp3) is 0.346. The van der Waals surface area contributed by atoms with Gasteiger partial charge < -0.3 is 9.73 Å². The molecule has 0 unspecified atom stereocenters. The predicted octanol–water partition coefficient (Wildman–Crippen LogP) is 3.76. The fourth-order valence-corrected chi connectivity index (χ4v) is 6.09. The van der Waals surface area contributed by atoms with Gasteiger partial charge in [0.1, 0.15) is 5.76 Å². The van der Waals surface area contributed by atoms with Crippen molar-refractivity contribution in [2.75, 3.05) is 38.5 Å². The lowest BCUT2D eigenvalue weighted by atomic mass is 10.1. The zero-order valence-electron chi connectivity index (χ0n) is 19.9. The summed E-state index contributed by atoms with van der Waals surface area (Å²) in [6.07, 6.45) is 1.67. The van der Waals surface area contributed by atoms with Crippen molar-refractivity contribution in [1.29, 1.82) is 0 Å². The molecule has 1 N–H and O–H groups in total. The van der Waals surface area contributed by atoms with Crippen molar-refractivity contribution in [3.05, 3.63) is 89.4 Å². The number of aryl methyl sites for hydroxylation is 1. The average molecular weight is 514 g/mol. The van der Waals surface area contributed by atoms with Crippen molar-refractivity contribution >= 4 is 27.7 Å². The van der Waals surface area contributed by atoms with E-state index in [1.54, 1.807) is 34.5 Å². The fourth-order valence-electron chi connectivity index (χ4n) is 3.91. The van der Waals surface area contributed by atoms with E-state index in [9.17, 15) is 13.2 Å².